The van der Waals surface area contributed by atoms with Crippen LogP contribution in [0, 0.1) is 5.92 Å². The van der Waals surface area contributed by atoms with Gasteiger partial charge in [-0.3, -0.25) is 9.59 Å². The molecule has 1 N–H and O–H groups in total. The maximum Gasteiger partial charge on any atom is 0.251 e. The fourth-order valence-electron chi connectivity index (χ4n) is 2.32. The number of fused-ring (bicyclic) bond motifs is 1. The summed E-state index contributed by atoms with van der Waals surface area (Å²) in [6, 6.07) is 0. The molecule has 0 aromatic heterocycles. The predicted molar refractivity (Wildman–Crippen MR) is 79.2 cm³/mol. The molecule has 1 aliphatic heterocycles. The van der Waals surface area contributed by atoms with Gasteiger partial charge in [0.05, 0.1) is 5.71 Å². The first kappa shape index (κ1) is 14.4. The predicted octanol–water partition coefficient (Wildman–Crippen LogP) is 2.68. The number of hydrogen-bond acceptors (Lipinski definition) is 2. The van der Waals surface area contributed by atoms with Gasteiger partial charge in [-0.25, -0.2) is 4.99 Å². The lowest BCUT2D eigenvalue weighted by Gasteiger charge is -2.28. The van der Waals surface area contributed by atoms with Crippen LogP contribution in [0.4, 0.5) is 0 Å². The van der Waals surface area contributed by atoms with E-state index in [1.807, 2.05) is 32.9 Å². The van der Waals surface area contributed by atoms with Crippen LogP contribution >= 0.6 is 0 Å². The zero-order valence-electron chi connectivity index (χ0n) is 12.2. The van der Waals surface area contributed by atoms with Gasteiger partial charge in [0.25, 0.3) is 5.91 Å². The van der Waals surface area contributed by atoms with E-state index >= 15 is 0 Å². The maximum atomic E-state index is 11.8. The topological polar surface area (TPSA) is 58.5 Å². The molecule has 0 saturated heterocycles. The normalized spacial score (nSPS) is 23.6. The second-order valence-corrected chi connectivity index (χ2v) is 5.23. The third-order valence-corrected chi connectivity index (χ3v) is 3.75. The van der Waals surface area contributed by atoms with E-state index in [4.69, 9.17) is 0 Å². The van der Waals surface area contributed by atoms with Crippen LogP contribution in [0.15, 0.2) is 40.1 Å². The van der Waals surface area contributed by atoms with E-state index in [2.05, 4.69) is 10.3 Å². The van der Waals surface area contributed by atoms with Crippen molar-refractivity contribution in [3.8, 4) is 0 Å². The molecule has 4 heteroatoms. The highest BCUT2D eigenvalue weighted by atomic mass is 16.2. The van der Waals surface area contributed by atoms with Gasteiger partial charge in [0.2, 0.25) is 5.91 Å². The lowest BCUT2D eigenvalue weighted by molar-refractivity contribution is -0.118. The van der Waals surface area contributed by atoms with Crippen LogP contribution in [-0.4, -0.2) is 17.5 Å². The lowest BCUT2D eigenvalue weighted by atomic mass is 9.85. The van der Waals surface area contributed by atoms with E-state index in [-0.39, 0.29) is 17.7 Å². The third kappa shape index (κ3) is 2.95. The minimum Gasteiger partial charge on any atom is -0.325 e. The van der Waals surface area contributed by atoms with Crippen molar-refractivity contribution in [2.24, 2.45) is 10.9 Å². The number of carbonyl (C=O) groups excluding carboxylic acids is 2. The molecule has 106 valence electrons. The number of amides is 2. The average Bonchev–Trinajstić information content (AvgIpc) is 2.42. The Bertz CT molecular complexity index is 565. The summed E-state index contributed by atoms with van der Waals surface area (Å²) in [7, 11) is 0. The molecule has 0 radical (unpaired) electrons. The van der Waals surface area contributed by atoms with E-state index in [0.29, 0.717) is 12.1 Å². The van der Waals surface area contributed by atoms with Gasteiger partial charge >= 0.3 is 0 Å². The number of allylic oxidation sites excluding steroid dienone is 3. The van der Waals surface area contributed by atoms with E-state index in [1.54, 1.807) is 6.08 Å². The van der Waals surface area contributed by atoms with Gasteiger partial charge in [-0.15, -0.1) is 0 Å². The van der Waals surface area contributed by atoms with E-state index in [0.717, 1.165) is 29.7 Å². The van der Waals surface area contributed by atoms with Gasteiger partial charge in [-0.1, -0.05) is 25.0 Å². The molecular formula is C16H20N2O2. The molecule has 0 aromatic carbocycles. The minimum absolute atomic E-state index is 0.0723. The minimum atomic E-state index is -0.104. The molecule has 0 bridgehead atoms. The molecule has 1 heterocycles. The molecule has 1 unspecified atom stereocenters. The number of nitrogens with zero attached hydrogens (tertiary/aromatic N) is 1. The first-order valence-electron chi connectivity index (χ1n) is 7.03. The van der Waals surface area contributed by atoms with Crippen LogP contribution in [0.3, 0.4) is 0 Å². The summed E-state index contributed by atoms with van der Waals surface area (Å²) in [5, 5.41) is 2.87. The Kier molecular flexibility index (Phi) is 4.32. The van der Waals surface area contributed by atoms with Crippen molar-refractivity contribution in [2.75, 3.05) is 0 Å². The molecule has 20 heavy (non-hydrogen) atoms. The fourth-order valence-corrected chi connectivity index (χ4v) is 2.32. The summed E-state index contributed by atoms with van der Waals surface area (Å²) in [5.74, 6) is -0.0817. The van der Waals surface area contributed by atoms with Crippen molar-refractivity contribution in [1.29, 1.82) is 0 Å². The van der Waals surface area contributed by atoms with Gasteiger partial charge in [0.15, 0.2) is 0 Å². The number of carbonyl (C=O) groups is 2. The van der Waals surface area contributed by atoms with Gasteiger partial charge in [0, 0.05) is 23.6 Å². The van der Waals surface area contributed by atoms with E-state index in [1.165, 1.54) is 0 Å². The average molecular weight is 272 g/mol. The molecule has 0 fully saturated rings. The summed E-state index contributed by atoms with van der Waals surface area (Å²) >= 11 is 0. The largest absolute Gasteiger partial charge is 0.325 e. The summed E-state index contributed by atoms with van der Waals surface area (Å²) in [5.41, 5.74) is 3.23. The van der Waals surface area contributed by atoms with Gasteiger partial charge < -0.3 is 5.32 Å². The molecular weight excluding hydrogens is 252 g/mol. The molecule has 0 aromatic rings. The molecule has 1 aliphatic carbocycles. The van der Waals surface area contributed by atoms with Crippen molar-refractivity contribution < 1.29 is 9.59 Å². The summed E-state index contributed by atoms with van der Waals surface area (Å²) < 4.78 is 0. The maximum absolute atomic E-state index is 11.8. The Morgan fingerprint density at radius 1 is 1.40 bits per heavy atom. The molecule has 4 nitrogen and oxygen atoms in total. The zero-order chi connectivity index (χ0) is 14.7. The molecule has 2 rings (SSSR count). The lowest BCUT2D eigenvalue weighted by Crippen LogP contribution is -2.35. The highest BCUT2D eigenvalue weighted by molar-refractivity contribution is 6.11. The smallest absolute Gasteiger partial charge is 0.251 e. The number of rotatable bonds is 3. The Morgan fingerprint density at radius 3 is 2.85 bits per heavy atom. The monoisotopic (exact) mass is 272 g/mol. The SMILES string of the molecule is CCCCC(=O)N=C1C=CC2C(=C1)NC(=O)C(C)=C2C. The summed E-state index contributed by atoms with van der Waals surface area (Å²) in [6.45, 7) is 5.83. The molecule has 0 saturated carbocycles. The molecule has 0 spiro atoms. The Hall–Kier alpha value is -1.97. The standard InChI is InChI=1S/C16H20N2O2/c1-4-5-6-15(19)17-12-7-8-13-10(2)11(3)16(20)18-14(13)9-12/h7-9,13H,4-6H2,1-3H3,(H,18,20). The van der Waals surface area contributed by atoms with Crippen LogP contribution in [-0.2, 0) is 9.59 Å². The number of nitrogens with one attached hydrogen (secondary N) is 1. The summed E-state index contributed by atoms with van der Waals surface area (Å²) in [6.07, 6.45) is 7.95. The van der Waals surface area contributed by atoms with Crippen LogP contribution < -0.4 is 5.32 Å². The van der Waals surface area contributed by atoms with Crippen LogP contribution in [0.25, 0.3) is 0 Å². The second kappa shape index (κ2) is 5.99. The van der Waals surface area contributed by atoms with Crippen molar-refractivity contribution in [3.05, 3.63) is 35.1 Å². The Labute approximate surface area is 119 Å². The Balaban J connectivity index is 2.19. The molecule has 2 aliphatic rings. The van der Waals surface area contributed by atoms with E-state index in [9.17, 15) is 9.59 Å². The molecule has 2 amide bonds. The van der Waals surface area contributed by atoms with E-state index < -0.39 is 0 Å². The summed E-state index contributed by atoms with van der Waals surface area (Å²) in [4.78, 5) is 27.5. The first-order valence-corrected chi connectivity index (χ1v) is 7.03. The quantitative estimate of drug-likeness (QED) is 0.858. The molecule has 1 atom stereocenters. The second-order valence-electron chi connectivity index (χ2n) is 5.23. The zero-order valence-corrected chi connectivity index (χ0v) is 12.2. The highest BCUT2D eigenvalue weighted by Crippen LogP contribution is 2.29. The van der Waals surface area contributed by atoms with Crippen LogP contribution in [0.1, 0.15) is 40.0 Å². The van der Waals surface area contributed by atoms with Crippen molar-refractivity contribution in [2.45, 2.75) is 40.0 Å². The van der Waals surface area contributed by atoms with Gasteiger partial charge in [-0.05, 0) is 32.4 Å². The highest BCUT2D eigenvalue weighted by Gasteiger charge is 2.27. The first-order chi connectivity index (χ1) is 9.52. The number of hydrogen-bond donors (Lipinski definition) is 1. The van der Waals surface area contributed by atoms with Crippen LogP contribution in [0.2, 0.25) is 0 Å². The van der Waals surface area contributed by atoms with Crippen molar-refractivity contribution in [3.63, 3.8) is 0 Å². The number of unbranched alkanes of at least 4 members (excludes halogenated alkanes) is 1. The number of aliphatic imine (C=N–C) groups is 1. The fraction of sp³-hybridized carbons (Fsp3) is 0.438. The van der Waals surface area contributed by atoms with Crippen molar-refractivity contribution >= 4 is 17.5 Å². The van der Waals surface area contributed by atoms with Crippen molar-refractivity contribution in [1.82, 2.24) is 5.32 Å². The Morgan fingerprint density at radius 2 is 2.15 bits per heavy atom. The third-order valence-electron chi connectivity index (χ3n) is 3.75. The van der Waals surface area contributed by atoms with Gasteiger partial charge in [-0.2, -0.15) is 0 Å². The van der Waals surface area contributed by atoms with Gasteiger partial charge in [0.1, 0.15) is 0 Å². The van der Waals surface area contributed by atoms with Crippen LogP contribution in [0.5, 0.6) is 0 Å².